The maximum Gasteiger partial charge on any atom is 0.416 e. The molecular formula is C14H11F3N4. The number of nitrogens with zero attached hydrogens (tertiary/aromatic N) is 3. The normalized spacial score (nSPS) is 11.2. The van der Waals surface area contributed by atoms with Gasteiger partial charge >= 0.3 is 6.18 Å². The van der Waals surface area contributed by atoms with Crippen molar-refractivity contribution in [3.8, 4) is 6.07 Å². The van der Waals surface area contributed by atoms with Gasteiger partial charge in [-0.2, -0.15) is 18.4 Å². The predicted molar refractivity (Wildman–Crippen MR) is 70.1 cm³/mol. The van der Waals surface area contributed by atoms with Crippen LogP contribution in [0.2, 0.25) is 0 Å². The van der Waals surface area contributed by atoms with Crippen LogP contribution in [0.5, 0.6) is 0 Å². The van der Waals surface area contributed by atoms with Crippen molar-refractivity contribution in [3.05, 3.63) is 52.5 Å². The van der Waals surface area contributed by atoms with Gasteiger partial charge in [-0.05, 0) is 18.6 Å². The molecule has 0 radical (unpaired) electrons. The second-order valence-corrected chi connectivity index (χ2v) is 4.47. The van der Waals surface area contributed by atoms with Crippen molar-refractivity contribution in [2.24, 2.45) is 0 Å². The van der Waals surface area contributed by atoms with Crippen LogP contribution in [0.3, 0.4) is 0 Å². The van der Waals surface area contributed by atoms with Crippen LogP contribution >= 0.6 is 0 Å². The van der Waals surface area contributed by atoms with E-state index in [4.69, 9.17) is 11.0 Å². The van der Waals surface area contributed by atoms with Crippen molar-refractivity contribution in [2.75, 3.05) is 5.73 Å². The monoisotopic (exact) mass is 292 g/mol. The van der Waals surface area contributed by atoms with Crippen molar-refractivity contribution >= 4 is 5.82 Å². The molecule has 21 heavy (non-hydrogen) atoms. The largest absolute Gasteiger partial charge is 0.416 e. The second-order valence-electron chi connectivity index (χ2n) is 4.47. The lowest BCUT2D eigenvalue weighted by molar-refractivity contribution is -0.137. The van der Waals surface area contributed by atoms with Gasteiger partial charge in [0.15, 0.2) is 0 Å². The molecule has 1 heterocycles. The van der Waals surface area contributed by atoms with Crippen molar-refractivity contribution in [3.63, 3.8) is 0 Å². The van der Waals surface area contributed by atoms with Crippen molar-refractivity contribution in [1.29, 1.82) is 5.26 Å². The van der Waals surface area contributed by atoms with Crippen LogP contribution in [0.15, 0.2) is 24.3 Å². The molecule has 0 spiro atoms. The smallest absolute Gasteiger partial charge is 0.382 e. The summed E-state index contributed by atoms with van der Waals surface area (Å²) in [5.41, 5.74) is 5.92. The number of hydrogen-bond donors (Lipinski definition) is 1. The summed E-state index contributed by atoms with van der Waals surface area (Å²) in [6.45, 7) is 1.60. The number of rotatable bonds is 2. The van der Waals surface area contributed by atoms with Gasteiger partial charge in [0, 0.05) is 6.42 Å². The Labute approximate surface area is 119 Å². The summed E-state index contributed by atoms with van der Waals surface area (Å²) in [6, 6.07) is 6.83. The van der Waals surface area contributed by atoms with Crippen LogP contribution in [-0.2, 0) is 12.6 Å². The number of hydrogen-bond acceptors (Lipinski definition) is 4. The molecule has 0 amide bonds. The maximum absolute atomic E-state index is 12.6. The topological polar surface area (TPSA) is 75.6 Å². The lowest BCUT2D eigenvalue weighted by Crippen LogP contribution is -2.08. The first-order valence-corrected chi connectivity index (χ1v) is 6.00. The van der Waals surface area contributed by atoms with Crippen LogP contribution in [0.4, 0.5) is 19.0 Å². The van der Waals surface area contributed by atoms with Gasteiger partial charge in [0.25, 0.3) is 0 Å². The zero-order valence-electron chi connectivity index (χ0n) is 11.1. The Morgan fingerprint density at radius 2 is 2.00 bits per heavy atom. The number of alkyl halides is 3. The third-order valence-electron chi connectivity index (χ3n) is 2.89. The molecule has 2 aromatic rings. The SMILES string of the molecule is Cc1nc(Cc2cccc(C(F)(F)F)c2)nc(N)c1C#N. The maximum atomic E-state index is 12.6. The number of nitrogen functional groups attached to an aromatic ring is 1. The van der Waals surface area contributed by atoms with Crippen LogP contribution in [-0.4, -0.2) is 9.97 Å². The van der Waals surface area contributed by atoms with E-state index in [9.17, 15) is 13.2 Å². The van der Waals surface area contributed by atoms with E-state index in [0.717, 1.165) is 12.1 Å². The Bertz CT molecular complexity index is 694. The van der Waals surface area contributed by atoms with Crippen LogP contribution in [0, 0.1) is 18.3 Å². The van der Waals surface area contributed by atoms with E-state index in [2.05, 4.69) is 9.97 Å². The highest BCUT2D eigenvalue weighted by Gasteiger charge is 2.30. The molecule has 7 heteroatoms. The van der Waals surface area contributed by atoms with Crippen molar-refractivity contribution in [1.82, 2.24) is 9.97 Å². The number of nitrogens with two attached hydrogens (primary N) is 1. The van der Waals surface area contributed by atoms with Gasteiger partial charge in [-0.25, -0.2) is 9.97 Å². The molecule has 4 nitrogen and oxygen atoms in total. The molecule has 2 rings (SSSR count). The Balaban J connectivity index is 2.33. The molecule has 0 fully saturated rings. The third kappa shape index (κ3) is 3.28. The molecule has 1 aromatic heterocycles. The first kappa shape index (κ1) is 14.8. The van der Waals surface area contributed by atoms with Gasteiger partial charge in [-0.1, -0.05) is 18.2 Å². The number of nitriles is 1. The van der Waals surface area contributed by atoms with Crippen LogP contribution < -0.4 is 5.73 Å². The predicted octanol–water partition coefficient (Wildman–Crippen LogP) is 2.85. The molecule has 0 atom stereocenters. The average Bonchev–Trinajstić information content (AvgIpc) is 2.37. The van der Waals surface area contributed by atoms with Crippen LogP contribution in [0.1, 0.15) is 28.2 Å². The summed E-state index contributed by atoms with van der Waals surface area (Å²) in [5, 5.41) is 8.87. The minimum absolute atomic E-state index is 0.0342. The number of anilines is 1. The van der Waals surface area contributed by atoms with Gasteiger partial charge in [0.05, 0.1) is 11.3 Å². The zero-order valence-corrected chi connectivity index (χ0v) is 11.1. The van der Waals surface area contributed by atoms with E-state index in [0.29, 0.717) is 11.3 Å². The fourth-order valence-corrected chi connectivity index (χ4v) is 1.91. The Morgan fingerprint density at radius 3 is 2.57 bits per heavy atom. The summed E-state index contributed by atoms with van der Waals surface area (Å²) in [4.78, 5) is 8.05. The number of aromatic nitrogens is 2. The first-order valence-electron chi connectivity index (χ1n) is 6.00. The average molecular weight is 292 g/mol. The highest BCUT2D eigenvalue weighted by atomic mass is 19.4. The summed E-state index contributed by atoms with van der Waals surface area (Å²) >= 11 is 0. The fraction of sp³-hybridized carbons (Fsp3) is 0.214. The summed E-state index contributed by atoms with van der Waals surface area (Å²) in [5.74, 6) is 0.315. The van der Waals surface area contributed by atoms with Gasteiger partial charge < -0.3 is 5.73 Å². The molecule has 0 saturated carbocycles. The van der Waals surface area contributed by atoms with Crippen molar-refractivity contribution < 1.29 is 13.2 Å². The van der Waals surface area contributed by atoms with Gasteiger partial charge in [-0.3, -0.25) is 0 Å². The first-order chi connectivity index (χ1) is 9.81. The van der Waals surface area contributed by atoms with Gasteiger partial charge in [-0.15, -0.1) is 0 Å². The minimum atomic E-state index is -4.39. The minimum Gasteiger partial charge on any atom is -0.382 e. The molecule has 0 aliphatic rings. The van der Waals surface area contributed by atoms with Gasteiger partial charge in [0.2, 0.25) is 0 Å². The molecule has 2 N–H and O–H groups in total. The van der Waals surface area contributed by atoms with E-state index >= 15 is 0 Å². The van der Waals surface area contributed by atoms with Crippen LogP contribution in [0.25, 0.3) is 0 Å². The number of aryl methyl sites for hydroxylation is 1. The van der Waals surface area contributed by atoms with E-state index in [1.165, 1.54) is 6.07 Å². The third-order valence-corrected chi connectivity index (χ3v) is 2.89. The van der Waals surface area contributed by atoms with E-state index < -0.39 is 11.7 Å². The lowest BCUT2D eigenvalue weighted by Gasteiger charge is -2.09. The number of benzene rings is 1. The van der Waals surface area contributed by atoms with E-state index in [1.807, 2.05) is 6.07 Å². The molecular weight excluding hydrogens is 281 g/mol. The van der Waals surface area contributed by atoms with E-state index in [1.54, 1.807) is 13.0 Å². The second kappa shape index (κ2) is 5.40. The summed E-state index contributed by atoms with van der Waals surface area (Å²) in [6.07, 6.45) is -4.28. The zero-order chi connectivity index (χ0) is 15.6. The quantitative estimate of drug-likeness (QED) is 0.923. The fourth-order valence-electron chi connectivity index (χ4n) is 1.91. The molecule has 0 saturated heterocycles. The molecule has 0 aliphatic carbocycles. The molecule has 0 unspecified atom stereocenters. The van der Waals surface area contributed by atoms with Crippen molar-refractivity contribution in [2.45, 2.75) is 19.5 Å². The molecule has 108 valence electrons. The Morgan fingerprint density at radius 1 is 1.29 bits per heavy atom. The van der Waals surface area contributed by atoms with Gasteiger partial charge in [0.1, 0.15) is 23.3 Å². The standard InChI is InChI=1S/C14H11F3N4/c1-8-11(7-18)13(19)21-12(20-8)6-9-3-2-4-10(5-9)14(15,16)17/h2-5H,6H2,1H3,(H2,19,20,21). The highest BCUT2D eigenvalue weighted by Crippen LogP contribution is 2.29. The number of halogens is 3. The summed E-state index contributed by atoms with van der Waals surface area (Å²) < 4.78 is 37.9. The Hall–Kier alpha value is -2.62. The lowest BCUT2D eigenvalue weighted by atomic mass is 10.1. The summed E-state index contributed by atoms with van der Waals surface area (Å²) in [7, 11) is 0. The Kier molecular flexibility index (Phi) is 3.80. The molecule has 1 aromatic carbocycles. The van der Waals surface area contributed by atoms with E-state index in [-0.39, 0.29) is 23.6 Å². The molecule has 0 bridgehead atoms. The molecule has 0 aliphatic heterocycles. The highest BCUT2D eigenvalue weighted by molar-refractivity contribution is 5.50.